The van der Waals surface area contributed by atoms with Crippen LogP contribution in [-0.2, 0) is 11.8 Å². The summed E-state index contributed by atoms with van der Waals surface area (Å²) in [6.07, 6.45) is 2.30. The summed E-state index contributed by atoms with van der Waals surface area (Å²) in [5, 5.41) is 14.7. The first-order valence-corrected chi connectivity index (χ1v) is 8.98. The highest BCUT2D eigenvalue weighted by Crippen LogP contribution is 2.35. The number of aromatic nitrogens is 2. The first-order chi connectivity index (χ1) is 12.7. The van der Waals surface area contributed by atoms with Crippen LogP contribution in [0.1, 0.15) is 6.92 Å². The van der Waals surface area contributed by atoms with Crippen LogP contribution < -0.4 is 5.32 Å². The first kappa shape index (κ1) is 19.2. The van der Waals surface area contributed by atoms with Gasteiger partial charge in [-0.05, 0) is 28.6 Å². The van der Waals surface area contributed by atoms with E-state index >= 15 is 0 Å². The van der Waals surface area contributed by atoms with Crippen LogP contribution >= 0.6 is 23.4 Å². The third-order valence-corrected chi connectivity index (χ3v) is 5.46. The van der Waals surface area contributed by atoms with Gasteiger partial charge in [0.25, 0.3) is 5.91 Å². The van der Waals surface area contributed by atoms with Crippen molar-refractivity contribution in [2.24, 2.45) is 12.0 Å². The van der Waals surface area contributed by atoms with Gasteiger partial charge in [-0.15, -0.1) is 0 Å². The van der Waals surface area contributed by atoms with Crippen LogP contribution in [0.5, 0.6) is 0 Å². The number of amidine groups is 1. The zero-order valence-corrected chi connectivity index (χ0v) is 16.2. The van der Waals surface area contributed by atoms with E-state index in [0.717, 1.165) is 11.8 Å². The predicted molar refractivity (Wildman–Crippen MR) is 98.3 cm³/mol. The monoisotopic (exact) mass is 413 g/mol. The Kier molecular flexibility index (Phi) is 5.11. The number of aliphatic imine (C=N–C) groups is 1. The molecule has 13 heteroatoms. The van der Waals surface area contributed by atoms with Crippen LogP contribution in [-0.4, -0.2) is 67.2 Å². The van der Waals surface area contributed by atoms with Gasteiger partial charge in [0, 0.05) is 25.7 Å². The number of nitrogens with one attached hydrogen (secondary N) is 1. The summed E-state index contributed by atoms with van der Waals surface area (Å²) >= 11 is 6.94. The molecule has 1 fully saturated rings. The minimum atomic E-state index is -0.755. The van der Waals surface area contributed by atoms with Crippen LogP contribution in [0.4, 0.5) is 10.6 Å². The summed E-state index contributed by atoms with van der Waals surface area (Å²) in [7, 11) is 3.16. The number of thioether (sulfide) groups is 1. The molecule has 0 spiro atoms. The number of imide groups is 1. The van der Waals surface area contributed by atoms with Crippen molar-refractivity contribution in [3.8, 4) is 0 Å². The number of halogens is 1. The number of likely N-dealkylation sites (N-methyl/N-ethyl adjacent to an activating group) is 1. The summed E-state index contributed by atoms with van der Waals surface area (Å²) in [5.41, 5.74) is 0. The molecular formula is C14H16ClN7O4S. The van der Waals surface area contributed by atoms with Gasteiger partial charge in [-0.25, -0.2) is 9.79 Å². The minimum Gasteiger partial charge on any atom is -0.358 e. The molecule has 1 aromatic rings. The third-order valence-electron chi connectivity index (χ3n) is 4.12. The Morgan fingerprint density at radius 1 is 1.48 bits per heavy atom. The van der Waals surface area contributed by atoms with E-state index in [4.69, 9.17) is 11.6 Å². The van der Waals surface area contributed by atoms with Crippen molar-refractivity contribution in [3.05, 3.63) is 27.5 Å². The molecule has 2 aliphatic rings. The molecule has 2 aliphatic heterocycles. The number of carbonyl (C=O) groups excluding carboxylic acids is 2. The SMILES string of the molecule is C/C(Cl)=C/CN1C(Sc2c([N+](=O)[O-])ncn2C)=NC2C1C(=O)NC(=O)N2C. The van der Waals surface area contributed by atoms with Crippen molar-refractivity contribution >= 4 is 46.3 Å². The summed E-state index contributed by atoms with van der Waals surface area (Å²) in [5.74, 6) is -0.791. The van der Waals surface area contributed by atoms with Crippen LogP contribution in [0.25, 0.3) is 0 Å². The lowest BCUT2D eigenvalue weighted by Gasteiger charge is -2.35. The lowest BCUT2D eigenvalue weighted by Crippen LogP contribution is -2.63. The molecule has 0 aliphatic carbocycles. The predicted octanol–water partition coefficient (Wildman–Crippen LogP) is 1.11. The highest BCUT2D eigenvalue weighted by Gasteiger charge is 2.48. The fourth-order valence-corrected chi connectivity index (χ4v) is 3.86. The average Bonchev–Trinajstić information content (AvgIpc) is 3.13. The van der Waals surface area contributed by atoms with Crippen LogP contribution in [0.15, 0.2) is 27.5 Å². The molecule has 144 valence electrons. The van der Waals surface area contributed by atoms with Gasteiger partial charge < -0.3 is 24.5 Å². The molecule has 0 bridgehead atoms. The minimum absolute atomic E-state index is 0.253. The van der Waals surface area contributed by atoms with Crippen LogP contribution in [0, 0.1) is 10.1 Å². The van der Waals surface area contributed by atoms with E-state index in [1.165, 1.54) is 22.8 Å². The Hall–Kier alpha value is -2.60. The Morgan fingerprint density at radius 2 is 2.19 bits per heavy atom. The number of aryl methyl sites for hydroxylation is 1. The van der Waals surface area contributed by atoms with Gasteiger partial charge in [0.1, 0.15) is 0 Å². The fourth-order valence-electron chi connectivity index (χ4n) is 2.74. The summed E-state index contributed by atoms with van der Waals surface area (Å²) < 4.78 is 1.50. The average molecular weight is 414 g/mol. The topological polar surface area (TPSA) is 126 Å². The van der Waals surface area contributed by atoms with Crippen molar-refractivity contribution in [1.82, 2.24) is 24.7 Å². The molecule has 2 atom stereocenters. The molecule has 0 saturated carbocycles. The van der Waals surface area contributed by atoms with E-state index in [9.17, 15) is 19.7 Å². The lowest BCUT2D eigenvalue weighted by atomic mass is 10.1. The highest BCUT2D eigenvalue weighted by molar-refractivity contribution is 8.13. The van der Waals surface area contributed by atoms with Crippen molar-refractivity contribution in [1.29, 1.82) is 0 Å². The van der Waals surface area contributed by atoms with Crippen molar-refractivity contribution in [2.75, 3.05) is 13.6 Å². The Morgan fingerprint density at radius 3 is 2.81 bits per heavy atom. The normalized spacial score (nSPS) is 22.7. The number of amides is 3. The van der Waals surface area contributed by atoms with Gasteiger partial charge in [-0.3, -0.25) is 10.1 Å². The van der Waals surface area contributed by atoms with Gasteiger partial charge in [-0.1, -0.05) is 17.7 Å². The van der Waals surface area contributed by atoms with Gasteiger partial charge in [0.15, 0.2) is 22.4 Å². The summed E-state index contributed by atoms with van der Waals surface area (Å²) in [6.45, 7) is 1.95. The molecule has 2 unspecified atom stereocenters. The van der Waals surface area contributed by atoms with Crippen LogP contribution in [0.3, 0.4) is 0 Å². The molecule has 0 radical (unpaired) electrons. The Bertz CT molecular complexity index is 879. The fraction of sp³-hybridized carbons (Fsp3) is 0.429. The van der Waals surface area contributed by atoms with Gasteiger partial charge >= 0.3 is 11.8 Å². The van der Waals surface area contributed by atoms with Crippen molar-refractivity contribution < 1.29 is 14.5 Å². The molecule has 3 heterocycles. The van der Waals surface area contributed by atoms with Crippen molar-refractivity contribution in [3.63, 3.8) is 0 Å². The largest absolute Gasteiger partial charge is 0.396 e. The number of hydrogen-bond acceptors (Lipinski definition) is 8. The van der Waals surface area contributed by atoms with E-state index < -0.39 is 29.1 Å². The zero-order chi connectivity index (χ0) is 19.9. The lowest BCUT2D eigenvalue weighted by molar-refractivity contribution is -0.392. The third kappa shape index (κ3) is 3.49. The number of fused-ring (bicyclic) bond motifs is 1. The quantitative estimate of drug-likeness (QED) is 0.578. The van der Waals surface area contributed by atoms with E-state index in [1.807, 2.05) is 0 Å². The summed E-state index contributed by atoms with van der Waals surface area (Å²) in [4.78, 5) is 46.2. The standard InChI is InChI=1S/C14H16ClN7O4S/c1-7(15)4-5-21-8-9(20(3)13(24)18-11(8)23)17-14(21)27-12-10(22(25)26)16-6-19(12)2/h4,6,8-9H,5H2,1-3H3,(H,18,23,24)/b7-4-. The first-order valence-electron chi connectivity index (χ1n) is 7.78. The molecule has 1 N–H and O–H groups in total. The second-order valence-electron chi connectivity index (χ2n) is 5.96. The number of nitrogens with zero attached hydrogens (tertiary/aromatic N) is 6. The Labute approximate surface area is 163 Å². The van der Waals surface area contributed by atoms with E-state index in [1.54, 1.807) is 24.9 Å². The Balaban J connectivity index is 1.99. The van der Waals surface area contributed by atoms with E-state index in [2.05, 4.69) is 15.3 Å². The van der Waals surface area contributed by atoms with Gasteiger partial charge in [0.05, 0.1) is 0 Å². The molecule has 27 heavy (non-hydrogen) atoms. The van der Waals surface area contributed by atoms with Gasteiger partial charge in [0.2, 0.25) is 6.33 Å². The number of carbonyl (C=O) groups is 2. The van der Waals surface area contributed by atoms with Crippen LogP contribution in [0.2, 0.25) is 0 Å². The molecule has 1 aromatic heterocycles. The summed E-state index contributed by atoms with van der Waals surface area (Å²) in [6, 6.07) is -1.30. The number of hydrogen-bond donors (Lipinski definition) is 1. The second kappa shape index (κ2) is 7.19. The maximum absolute atomic E-state index is 12.4. The highest BCUT2D eigenvalue weighted by atomic mass is 35.5. The smallest absolute Gasteiger partial charge is 0.358 e. The zero-order valence-electron chi connectivity index (χ0n) is 14.6. The second-order valence-corrected chi connectivity index (χ2v) is 7.51. The molecule has 1 saturated heterocycles. The molecule has 3 rings (SSSR count). The number of rotatable bonds is 4. The maximum Gasteiger partial charge on any atom is 0.396 e. The van der Waals surface area contributed by atoms with E-state index in [-0.39, 0.29) is 17.4 Å². The number of allylic oxidation sites excluding steroid dienone is 1. The molecular weight excluding hydrogens is 398 g/mol. The molecule has 0 aromatic carbocycles. The van der Waals surface area contributed by atoms with E-state index in [0.29, 0.717) is 10.2 Å². The van der Waals surface area contributed by atoms with Gasteiger partial charge in [-0.2, -0.15) is 0 Å². The van der Waals surface area contributed by atoms with Crippen molar-refractivity contribution in [2.45, 2.75) is 24.2 Å². The number of urea groups is 1. The number of imidazole rings is 1. The molecule has 11 nitrogen and oxygen atoms in total. The molecule has 3 amide bonds. The number of nitro groups is 1. The maximum atomic E-state index is 12.4.